The van der Waals surface area contributed by atoms with E-state index in [4.69, 9.17) is 18.9 Å². The molecule has 2 aliphatic heterocycles. The van der Waals surface area contributed by atoms with E-state index in [1.54, 1.807) is 24.3 Å². The number of rotatable bonds is 9. The topological polar surface area (TPSA) is 129 Å². The summed E-state index contributed by atoms with van der Waals surface area (Å²) >= 11 is 0. The van der Waals surface area contributed by atoms with E-state index in [9.17, 15) is 19.2 Å². The summed E-state index contributed by atoms with van der Waals surface area (Å²) in [6.45, 7) is 3.18. The number of fused-ring (bicyclic) bond motifs is 1. The molecule has 5 rings (SSSR count). The van der Waals surface area contributed by atoms with Gasteiger partial charge in [0.1, 0.15) is 18.9 Å². The molecule has 2 saturated heterocycles. The van der Waals surface area contributed by atoms with Gasteiger partial charge in [0.15, 0.2) is 18.2 Å². The molecule has 2 fully saturated rings. The highest BCUT2D eigenvalue weighted by Crippen LogP contribution is 2.26. The Bertz CT molecular complexity index is 1350. The van der Waals surface area contributed by atoms with E-state index in [0.717, 1.165) is 41.3 Å². The fraction of sp³-hybridized carbons (Fsp3) is 0.355. The van der Waals surface area contributed by atoms with Crippen LogP contribution in [0.5, 0.6) is 0 Å². The van der Waals surface area contributed by atoms with E-state index in [1.807, 2.05) is 36.4 Å². The summed E-state index contributed by atoms with van der Waals surface area (Å²) in [6.07, 6.45) is 0.874. The number of morpholine rings is 2. The van der Waals surface area contributed by atoms with E-state index in [0.29, 0.717) is 30.9 Å². The number of benzene rings is 3. The lowest BCUT2D eigenvalue weighted by atomic mass is 9.98. The third kappa shape index (κ3) is 8.59. The number of carbonyl (C=O) groups is 4. The molecule has 0 unspecified atom stereocenters. The predicted molar refractivity (Wildman–Crippen MR) is 152 cm³/mol. The lowest BCUT2D eigenvalue weighted by Gasteiger charge is -2.21. The Morgan fingerprint density at radius 2 is 1.44 bits per heavy atom. The molecule has 0 aliphatic carbocycles. The Morgan fingerprint density at radius 3 is 2.07 bits per heavy atom. The van der Waals surface area contributed by atoms with Gasteiger partial charge in [-0.15, -0.1) is 0 Å². The third-order valence-corrected chi connectivity index (χ3v) is 6.64. The summed E-state index contributed by atoms with van der Waals surface area (Å²) in [4.78, 5) is 46.5. The van der Waals surface area contributed by atoms with E-state index >= 15 is 0 Å². The zero-order chi connectivity index (χ0) is 29.0. The lowest BCUT2D eigenvalue weighted by molar-refractivity contribution is -0.148. The first-order valence-corrected chi connectivity index (χ1v) is 13.4. The summed E-state index contributed by atoms with van der Waals surface area (Å²) in [5, 5.41) is 7.87. The summed E-state index contributed by atoms with van der Waals surface area (Å²) in [5.74, 6) is -0.806. The minimum atomic E-state index is -0.534. The molecule has 2 atom stereocenters. The van der Waals surface area contributed by atoms with Crippen molar-refractivity contribution in [3.8, 4) is 11.1 Å². The summed E-state index contributed by atoms with van der Waals surface area (Å²) in [5.41, 5.74) is 3.08. The molecule has 0 bridgehead atoms. The number of methoxy groups -OCH3 is 1. The first-order chi connectivity index (χ1) is 20.0. The summed E-state index contributed by atoms with van der Waals surface area (Å²) in [7, 11) is 1.50. The number of Topliss-reactive ketones (excluding diaryl/α,β-unsaturated/α-hetero) is 2. The Kier molecular flexibility index (Phi) is 11.2. The average Bonchev–Trinajstić information content (AvgIpc) is 3.04. The number of nitrogens with one attached hydrogen (secondary N) is 2. The molecule has 2 N–H and O–H groups in total. The maximum atomic E-state index is 12.5. The lowest BCUT2D eigenvalue weighted by Crippen LogP contribution is -2.47. The van der Waals surface area contributed by atoms with Crippen LogP contribution in [0, 0.1) is 0 Å². The standard InChI is InChI=1S/C26H25NO6.C5H9NO2/c1-31-15-24(28)18-4-2-17(3-5-18)19-6-7-21-13-22(9-8-20(21)12-19)25(29)16-33-26(30)23-14-32-11-10-27-23;7-3-5-4-8-2-1-6-5/h2-9,12-13,23,27H,10-11,14-16H2,1H3;3,5-6H,1-2,4H2/t23-;5-/m01/s1. The van der Waals surface area contributed by atoms with Gasteiger partial charge in [0, 0.05) is 31.3 Å². The van der Waals surface area contributed by atoms with Gasteiger partial charge in [-0.1, -0.05) is 48.5 Å². The molecule has 0 saturated carbocycles. The van der Waals surface area contributed by atoms with Crippen LogP contribution in [0.2, 0.25) is 0 Å². The molecular formula is C31H34N2O8. The van der Waals surface area contributed by atoms with Gasteiger partial charge in [-0.2, -0.15) is 0 Å². The number of ether oxygens (including phenoxy) is 4. The van der Waals surface area contributed by atoms with Gasteiger partial charge in [0.2, 0.25) is 0 Å². The van der Waals surface area contributed by atoms with E-state index in [1.165, 1.54) is 7.11 Å². The fourth-order valence-electron chi connectivity index (χ4n) is 4.37. The van der Waals surface area contributed by atoms with Crippen molar-refractivity contribution in [3.05, 3.63) is 71.8 Å². The minimum absolute atomic E-state index is 0.0570. The smallest absolute Gasteiger partial charge is 0.325 e. The molecule has 0 spiro atoms. The number of esters is 1. The second-order valence-electron chi connectivity index (χ2n) is 9.59. The van der Waals surface area contributed by atoms with Crippen molar-refractivity contribution < 1.29 is 38.1 Å². The number of hydrogen-bond acceptors (Lipinski definition) is 10. The average molecular weight is 563 g/mol. The van der Waals surface area contributed by atoms with Crippen LogP contribution in [0.1, 0.15) is 20.7 Å². The van der Waals surface area contributed by atoms with Gasteiger partial charge in [-0.3, -0.25) is 14.4 Å². The van der Waals surface area contributed by atoms with Gasteiger partial charge in [-0.25, -0.2) is 0 Å². The molecule has 3 aromatic carbocycles. The summed E-state index contributed by atoms with van der Waals surface area (Å²) < 4.78 is 20.3. The van der Waals surface area contributed by atoms with Crippen LogP contribution in [0.15, 0.2) is 60.7 Å². The van der Waals surface area contributed by atoms with Gasteiger partial charge in [-0.05, 0) is 34.0 Å². The highest BCUT2D eigenvalue weighted by molar-refractivity contribution is 6.02. The quantitative estimate of drug-likeness (QED) is 0.228. The number of ketones is 2. The number of carbonyl (C=O) groups excluding carboxylic acids is 4. The van der Waals surface area contributed by atoms with Gasteiger partial charge >= 0.3 is 5.97 Å². The second kappa shape index (κ2) is 15.3. The van der Waals surface area contributed by atoms with Crippen LogP contribution in [-0.4, -0.2) is 95.7 Å². The molecule has 0 aromatic heterocycles. The predicted octanol–water partition coefficient (Wildman–Crippen LogP) is 2.22. The maximum Gasteiger partial charge on any atom is 0.325 e. The van der Waals surface area contributed by atoms with Crippen molar-refractivity contribution in [2.45, 2.75) is 12.1 Å². The Labute approximate surface area is 238 Å². The first-order valence-electron chi connectivity index (χ1n) is 13.4. The fourth-order valence-corrected chi connectivity index (χ4v) is 4.37. The zero-order valence-electron chi connectivity index (χ0n) is 22.9. The Balaban J connectivity index is 0.000000417. The van der Waals surface area contributed by atoms with Crippen molar-refractivity contribution in [1.82, 2.24) is 10.6 Å². The molecule has 3 aromatic rings. The first kappa shape index (κ1) is 30.2. The largest absolute Gasteiger partial charge is 0.456 e. The van der Waals surface area contributed by atoms with E-state index < -0.39 is 12.0 Å². The molecular weight excluding hydrogens is 528 g/mol. The van der Waals surface area contributed by atoms with Gasteiger partial charge in [0.25, 0.3) is 0 Å². The van der Waals surface area contributed by atoms with Gasteiger partial charge < -0.3 is 34.4 Å². The Morgan fingerprint density at radius 1 is 0.805 bits per heavy atom. The van der Waals surface area contributed by atoms with Crippen molar-refractivity contribution in [2.75, 3.05) is 59.8 Å². The monoisotopic (exact) mass is 562 g/mol. The Hall–Kier alpha value is -3.80. The van der Waals surface area contributed by atoms with Crippen molar-refractivity contribution in [3.63, 3.8) is 0 Å². The summed E-state index contributed by atoms with van der Waals surface area (Å²) in [6, 6.07) is 18.1. The third-order valence-electron chi connectivity index (χ3n) is 6.64. The number of aldehydes is 1. The van der Waals surface area contributed by atoms with Crippen molar-refractivity contribution in [1.29, 1.82) is 0 Å². The zero-order valence-corrected chi connectivity index (χ0v) is 22.9. The number of hydrogen-bond donors (Lipinski definition) is 2. The van der Waals surface area contributed by atoms with E-state index in [-0.39, 0.29) is 37.4 Å². The molecule has 2 heterocycles. The van der Waals surface area contributed by atoms with Crippen LogP contribution >= 0.6 is 0 Å². The molecule has 216 valence electrons. The van der Waals surface area contributed by atoms with Crippen LogP contribution in [0.3, 0.4) is 0 Å². The SMILES string of the molecule is COCC(=O)c1ccc(-c2ccc3cc(C(=O)COC(=O)[C@@H]4COCCN4)ccc3c2)cc1.O=C[C@@H]1COCCN1. The molecule has 10 heteroatoms. The van der Waals surface area contributed by atoms with Crippen LogP contribution < -0.4 is 10.6 Å². The highest BCUT2D eigenvalue weighted by atomic mass is 16.5. The maximum absolute atomic E-state index is 12.5. The highest BCUT2D eigenvalue weighted by Gasteiger charge is 2.23. The van der Waals surface area contributed by atoms with Crippen molar-refractivity contribution >= 4 is 34.6 Å². The van der Waals surface area contributed by atoms with Crippen molar-refractivity contribution in [2.24, 2.45) is 0 Å². The van der Waals surface area contributed by atoms with Crippen LogP contribution in [0.4, 0.5) is 0 Å². The normalized spacial score (nSPS) is 18.6. The molecule has 0 amide bonds. The second-order valence-corrected chi connectivity index (χ2v) is 9.59. The molecule has 0 radical (unpaired) electrons. The van der Waals surface area contributed by atoms with Crippen LogP contribution in [0.25, 0.3) is 21.9 Å². The van der Waals surface area contributed by atoms with Gasteiger partial charge in [0.05, 0.1) is 32.5 Å². The minimum Gasteiger partial charge on any atom is -0.456 e. The molecule has 41 heavy (non-hydrogen) atoms. The molecule has 10 nitrogen and oxygen atoms in total. The van der Waals surface area contributed by atoms with Crippen LogP contribution in [-0.2, 0) is 28.5 Å². The molecule has 2 aliphatic rings. The van der Waals surface area contributed by atoms with E-state index in [2.05, 4.69) is 10.6 Å².